The van der Waals surface area contributed by atoms with Crippen LogP contribution in [0, 0.1) is 0 Å². The molecule has 5 heteroatoms. The number of methoxy groups -OCH3 is 1. The van der Waals surface area contributed by atoms with Crippen LogP contribution >= 0.6 is 0 Å². The number of nitrogens with one attached hydrogen (secondary N) is 2. The molecule has 1 rings (SSSR count). The third-order valence-corrected chi connectivity index (χ3v) is 2.08. The lowest BCUT2D eigenvalue weighted by Gasteiger charge is -2.14. The molecule has 0 saturated heterocycles. The Labute approximate surface area is 102 Å². The Morgan fingerprint density at radius 3 is 2.82 bits per heavy atom. The average Bonchev–Trinajstić information content (AvgIpc) is 2.34. The first kappa shape index (κ1) is 13.3. The number of hydrogen-bond donors (Lipinski definition) is 2. The van der Waals surface area contributed by atoms with E-state index >= 15 is 0 Å². The SMILES string of the molecule is CN=C(NCc1cccc(OC)n1)NC(C)C. The molecule has 17 heavy (non-hydrogen) atoms. The summed E-state index contributed by atoms with van der Waals surface area (Å²) >= 11 is 0. The summed E-state index contributed by atoms with van der Waals surface area (Å²) in [7, 11) is 3.36. The van der Waals surface area contributed by atoms with Gasteiger partial charge in [-0.15, -0.1) is 0 Å². The maximum absolute atomic E-state index is 5.07. The number of pyridine rings is 1. The Morgan fingerprint density at radius 1 is 1.47 bits per heavy atom. The van der Waals surface area contributed by atoms with Gasteiger partial charge in [-0.3, -0.25) is 4.99 Å². The van der Waals surface area contributed by atoms with Crippen molar-refractivity contribution in [1.29, 1.82) is 0 Å². The fourth-order valence-electron chi connectivity index (χ4n) is 1.31. The second-order valence-corrected chi connectivity index (χ2v) is 3.90. The molecule has 0 radical (unpaired) electrons. The van der Waals surface area contributed by atoms with Gasteiger partial charge in [0.2, 0.25) is 5.88 Å². The molecule has 0 amide bonds. The molecular weight excluding hydrogens is 216 g/mol. The van der Waals surface area contributed by atoms with E-state index in [-0.39, 0.29) is 0 Å². The number of rotatable bonds is 4. The number of guanidine groups is 1. The average molecular weight is 236 g/mol. The molecule has 1 aromatic rings. The van der Waals surface area contributed by atoms with Gasteiger partial charge in [0.1, 0.15) is 0 Å². The first-order valence-corrected chi connectivity index (χ1v) is 5.62. The lowest BCUT2D eigenvalue weighted by molar-refractivity contribution is 0.396. The van der Waals surface area contributed by atoms with Crippen molar-refractivity contribution >= 4 is 5.96 Å². The highest BCUT2D eigenvalue weighted by atomic mass is 16.5. The number of ether oxygens (including phenoxy) is 1. The van der Waals surface area contributed by atoms with Crippen molar-refractivity contribution in [1.82, 2.24) is 15.6 Å². The minimum atomic E-state index is 0.347. The van der Waals surface area contributed by atoms with Crippen molar-refractivity contribution < 1.29 is 4.74 Å². The Morgan fingerprint density at radius 2 is 2.24 bits per heavy atom. The molecule has 0 aliphatic heterocycles. The summed E-state index contributed by atoms with van der Waals surface area (Å²) in [6, 6.07) is 6.03. The molecule has 0 saturated carbocycles. The lowest BCUT2D eigenvalue weighted by atomic mass is 10.3. The van der Waals surface area contributed by atoms with Crippen LogP contribution in [0.5, 0.6) is 5.88 Å². The van der Waals surface area contributed by atoms with Crippen LogP contribution in [0.25, 0.3) is 0 Å². The fraction of sp³-hybridized carbons (Fsp3) is 0.500. The molecule has 0 atom stereocenters. The normalized spacial score (nSPS) is 11.5. The van der Waals surface area contributed by atoms with Gasteiger partial charge in [0.15, 0.2) is 5.96 Å². The van der Waals surface area contributed by atoms with Gasteiger partial charge >= 0.3 is 0 Å². The van der Waals surface area contributed by atoms with Gasteiger partial charge in [0.05, 0.1) is 19.3 Å². The van der Waals surface area contributed by atoms with Crippen LogP contribution < -0.4 is 15.4 Å². The van der Waals surface area contributed by atoms with Crippen LogP contribution in [0.2, 0.25) is 0 Å². The summed E-state index contributed by atoms with van der Waals surface area (Å²) in [5.74, 6) is 1.39. The number of aromatic nitrogens is 1. The van der Waals surface area contributed by atoms with Crippen molar-refractivity contribution in [3.63, 3.8) is 0 Å². The van der Waals surface area contributed by atoms with Crippen LogP contribution in [-0.2, 0) is 6.54 Å². The van der Waals surface area contributed by atoms with Crippen molar-refractivity contribution in [2.75, 3.05) is 14.2 Å². The molecule has 0 bridgehead atoms. The van der Waals surface area contributed by atoms with Gasteiger partial charge in [0, 0.05) is 19.2 Å². The molecule has 0 spiro atoms. The first-order valence-electron chi connectivity index (χ1n) is 5.62. The Balaban J connectivity index is 2.54. The van der Waals surface area contributed by atoms with Gasteiger partial charge in [-0.05, 0) is 19.9 Å². The predicted octanol–water partition coefficient (Wildman–Crippen LogP) is 1.16. The Hall–Kier alpha value is -1.78. The van der Waals surface area contributed by atoms with E-state index in [1.54, 1.807) is 14.2 Å². The second-order valence-electron chi connectivity index (χ2n) is 3.90. The molecule has 0 unspecified atom stereocenters. The molecule has 5 nitrogen and oxygen atoms in total. The van der Waals surface area contributed by atoms with Crippen LogP contribution in [0.1, 0.15) is 19.5 Å². The van der Waals surface area contributed by atoms with E-state index in [1.807, 2.05) is 18.2 Å². The first-order chi connectivity index (χ1) is 8.15. The standard InChI is InChI=1S/C12H20N4O/c1-9(2)15-12(13-3)14-8-10-6-5-7-11(16-10)17-4/h5-7,9H,8H2,1-4H3,(H2,13,14,15). The highest BCUT2D eigenvalue weighted by Crippen LogP contribution is 2.05. The number of aliphatic imine (C=N–C) groups is 1. The highest BCUT2D eigenvalue weighted by Gasteiger charge is 2.01. The monoisotopic (exact) mass is 236 g/mol. The largest absolute Gasteiger partial charge is 0.481 e. The van der Waals surface area contributed by atoms with E-state index in [9.17, 15) is 0 Å². The topological polar surface area (TPSA) is 58.5 Å². The van der Waals surface area contributed by atoms with E-state index in [0.717, 1.165) is 11.7 Å². The molecule has 0 aliphatic rings. The number of nitrogens with zero attached hydrogens (tertiary/aromatic N) is 2. The second kappa shape index (κ2) is 6.73. The molecule has 0 aliphatic carbocycles. The van der Waals surface area contributed by atoms with E-state index in [4.69, 9.17) is 4.74 Å². The Bertz CT molecular complexity index is 377. The predicted molar refractivity (Wildman–Crippen MR) is 69.3 cm³/mol. The van der Waals surface area contributed by atoms with E-state index in [2.05, 4.69) is 34.5 Å². The van der Waals surface area contributed by atoms with E-state index in [1.165, 1.54) is 0 Å². The van der Waals surface area contributed by atoms with Crippen molar-refractivity contribution in [3.8, 4) is 5.88 Å². The Kier molecular flexibility index (Phi) is 5.26. The zero-order valence-electron chi connectivity index (χ0n) is 10.8. The third-order valence-electron chi connectivity index (χ3n) is 2.08. The van der Waals surface area contributed by atoms with Gasteiger partial charge in [-0.25, -0.2) is 4.98 Å². The van der Waals surface area contributed by atoms with Crippen LogP contribution in [0.3, 0.4) is 0 Å². The zero-order chi connectivity index (χ0) is 12.7. The quantitative estimate of drug-likeness (QED) is 0.608. The summed E-state index contributed by atoms with van der Waals surface area (Å²) in [5.41, 5.74) is 0.913. The van der Waals surface area contributed by atoms with Crippen LogP contribution in [0.4, 0.5) is 0 Å². The van der Waals surface area contributed by atoms with Gasteiger partial charge in [0.25, 0.3) is 0 Å². The molecule has 1 aromatic heterocycles. The molecule has 1 heterocycles. The summed E-state index contributed by atoms with van der Waals surface area (Å²) in [6.07, 6.45) is 0. The smallest absolute Gasteiger partial charge is 0.213 e. The zero-order valence-corrected chi connectivity index (χ0v) is 10.8. The summed E-state index contributed by atoms with van der Waals surface area (Å²) in [4.78, 5) is 8.43. The molecular formula is C12H20N4O. The molecule has 0 fully saturated rings. The van der Waals surface area contributed by atoms with Crippen LogP contribution in [0.15, 0.2) is 23.2 Å². The van der Waals surface area contributed by atoms with Crippen molar-refractivity contribution in [2.45, 2.75) is 26.4 Å². The maximum atomic E-state index is 5.07. The third kappa shape index (κ3) is 4.72. The highest BCUT2D eigenvalue weighted by molar-refractivity contribution is 5.79. The summed E-state index contributed by atoms with van der Waals surface area (Å²) in [6.45, 7) is 4.75. The minimum Gasteiger partial charge on any atom is -0.481 e. The van der Waals surface area contributed by atoms with Gasteiger partial charge in [-0.2, -0.15) is 0 Å². The van der Waals surface area contributed by atoms with Crippen molar-refractivity contribution in [2.24, 2.45) is 4.99 Å². The summed E-state index contributed by atoms with van der Waals surface area (Å²) < 4.78 is 5.07. The molecule has 2 N–H and O–H groups in total. The summed E-state index contributed by atoms with van der Waals surface area (Å²) in [5, 5.41) is 6.40. The van der Waals surface area contributed by atoms with E-state index < -0.39 is 0 Å². The molecule has 0 aromatic carbocycles. The molecule has 94 valence electrons. The van der Waals surface area contributed by atoms with Crippen molar-refractivity contribution in [3.05, 3.63) is 23.9 Å². The maximum Gasteiger partial charge on any atom is 0.213 e. The number of hydrogen-bond acceptors (Lipinski definition) is 3. The van der Waals surface area contributed by atoms with Crippen LogP contribution in [-0.4, -0.2) is 31.1 Å². The lowest BCUT2D eigenvalue weighted by Crippen LogP contribution is -2.40. The fourth-order valence-corrected chi connectivity index (χ4v) is 1.31. The minimum absolute atomic E-state index is 0.347. The van der Waals surface area contributed by atoms with Gasteiger partial charge < -0.3 is 15.4 Å². The van der Waals surface area contributed by atoms with Gasteiger partial charge in [-0.1, -0.05) is 6.07 Å². The van der Waals surface area contributed by atoms with E-state index in [0.29, 0.717) is 18.5 Å².